The molecule has 2 aliphatic rings. The average Bonchev–Trinajstić information content (AvgIpc) is 2.98. The molecule has 1 aromatic rings. The van der Waals surface area contributed by atoms with Gasteiger partial charge in [0, 0.05) is 38.4 Å². The molecule has 0 aliphatic carbocycles. The third-order valence-corrected chi connectivity index (χ3v) is 4.04. The summed E-state index contributed by atoms with van der Waals surface area (Å²) in [6, 6.07) is 1.98. The number of aromatic nitrogens is 1. The highest BCUT2D eigenvalue weighted by molar-refractivity contribution is 5.96. The molecular formula is C14H19N3O3. The van der Waals surface area contributed by atoms with Crippen LogP contribution in [0, 0.1) is 0 Å². The second-order valence-electron chi connectivity index (χ2n) is 5.23. The van der Waals surface area contributed by atoms with Crippen LogP contribution in [0.1, 0.15) is 16.8 Å². The van der Waals surface area contributed by atoms with Crippen molar-refractivity contribution in [3.05, 3.63) is 24.0 Å². The van der Waals surface area contributed by atoms with Gasteiger partial charge in [0.25, 0.3) is 5.91 Å². The first-order chi connectivity index (χ1) is 9.75. The molecule has 3 heterocycles. The molecule has 3 rings (SSSR count). The van der Waals surface area contributed by atoms with E-state index in [2.05, 4.69) is 9.88 Å². The van der Waals surface area contributed by atoms with Gasteiger partial charge in [-0.05, 0) is 12.5 Å². The molecular weight excluding hydrogens is 258 g/mol. The summed E-state index contributed by atoms with van der Waals surface area (Å²) in [4.78, 5) is 20.4. The molecule has 6 heteroatoms. The summed E-state index contributed by atoms with van der Waals surface area (Å²) in [5.74, 6) is -0.159. The molecule has 6 nitrogen and oxygen atoms in total. The first-order valence-electron chi connectivity index (χ1n) is 7.00. The van der Waals surface area contributed by atoms with Crippen molar-refractivity contribution in [3.63, 3.8) is 0 Å². The van der Waals surface area contributed by atoms with Crippen molar-refractivity contribution in [1.29, 1.82) is 0 Å². The minimum Gasteiger partial charge on any atom is -0.505 e. The number of carbonyl (C=O) groups excluding carboxylic acids is 1. The number of nitrogens with zero attached hydrogens (tertiary/aromatic N) is 3. The van der Waals surface area contributed by atoms with Gasteiger partial charge >= 0.3 is 0 Å². The number of pyridine rings is 1. The third kappa shape index (κ3) is 2.62. The monoisotopic (exact) mass is 277 g/mol. The van der Waals surface area contributed by atoms with Crippen molar-refractivity contribution in [2.75, 3.05) is 39.4 Å². The van der Waals surface area contributed by atoms with Gasteiger partial charge in [0.05, 0.1) is 25.0 Å². The van der Waals surface area contributed by atoms with Crippen LogP contribution in [0.15, 0.2) is 18.5 Å². The summed E-state index contributed by atoms with van der Waals surface area (Å²) in [5.41, 5.74) is 0.336. The lowest BCUT2D eigenvalue weighted by Crippen LogP contribution is -2.45. The van der Waals surface area contributed by atoms with E-state index in [1.54, 1.807) is 6.07 Å². The van der Waals surface area contributed by atoms with Gasteiger partial charge < -0.3 is 14.7 Å². The van der Waals surface area contributed by atoms with Gasteiger partial charge in [-0.25, -0.2) is 0 Å². The van der Waals surface area contributed by atoms with E-state index in [4.69, 9.17) is 4.74 Å². The molecule has 1 aromatic heterocycles. The summed E-state index contributed by atoms with van der Waals surface area (Å²) in [6.07, 6.45) is 3.82. The van der Waals surface area contributed by atoms with Crippen LogP contribution >= 0.6 is 0 Å². The highest BCUT2D eigenvalue weighted by Gasteiger charge is 2.32. The number of carbonyl (C=O) groups is 1. The topological polar surface area (TPSA) is 65.9 Å². The first kappa shape index (κ1) is 13.3. The fourth-order valence-electron chi connectivity index (χ4n) is 2.90. The summed E-state index contributed by atoms with van der Waals surface area (Å²) in [6.45, 7) is 4.88. The third-order valence-electron chi connectivity index (χ3n) is 4.04. The fraction of sp³-hybridized carbons (Fsp3) is 0.571. The average molecular weight is 277 g/mol. The Labute approximate surface area is 118 Å². The van der Waals surface area contributed by atoms with Crippen molar-refractivity contribution in [1.82, 2.24) is 14.8 Å². The Bertz CT molecular complexity index is 488. The van der Waals surface area contributed by atoms with Gasteiger partial charge in [0.1, 0.15) is 5.75 Å². The molecule has 20 heavy (non-hydrogen) atoms. The minimum atomic E-state index is -0.111. The lowest BCUT2D eigenvalue weighted by molar-refractivity contribution is 0.0185. The summed E-state index contributed by atoms with van der Waals surface area (Å²) in [5, 5.41) is 9.72. The molecule has 0 saturated carbocycles. The molecule has 1 atom stereocenters. The van der Waals surface area contributed by atoms with Crippen LogP contribution in [-0.4, -0.2) is 71.2 Å². The van der Waals surface area contributed by atoms with E-state index >= 15 is 0 Å². The highest BCUT2D eigenvalue weighted by Crippen LogP contribution is 2.22. The molecule has 0 aromatic carbocycles. The zero-order valence-electron chi connectivity index (χ0n) is 11.4. The van der Waals surface area contributed by atoms with Gasteiger partial charge in [-0.3, -0.25) is 14.7 Å². The SMILES string of the molecule is O=C(c1ccncc1O)N1CCC(N2CCOCC2)C1. The fourth-order valence-corrected chi connectivity index (χ4v) is 2.90. The molecule has 2 aliphatic heterocycles. The lowest BCUT2D eigenvalue weighted by atomic mass is 10.2. The van der Waals surface area contributed by atoms with Crippen LogP contribution in [0.5, 0.6) is 5.75 Å². The summed E-state index contributed by atoms with van der Waals surface area (Å²) < 4.78 is 5.36. The molecule has 2 fully saturated rings. The van der Waals surface area contributed by atoms with Crippen molar-refractivity contribution < 1.29 is 14.6 Å². The number of aromatic hydroxyl groups is 1. The zero-order valence-corrected chi connectivity index (χ0v) is 11.4. The molecule has 1 unspecified atom stereocenters. The number of ether oxygens (including phenoxy) is 1. The summed E-state index contributed by atoms with van der Waals surface area (Å²) >= 11 is 0. The van der Waals surface area contributed by atoms with Gasteiger partial charge in [0.2, 0.25) is 0 Å². The van der Waals surface area contributed by atoms with Crippen molar-refractivity contribution in [3.8, 4) is 5.75 Å². The van der Waals surface area contributed by atoms with Crippen molar-refractivity contribution in [2.24, 2.45) is 0 Å². The quantitative estimate of drug-likeness (QED) is 0.844. The van der Waals surface area contributed by atoms with E-state index in [0.717, 1.165) is 45.8 Å². The molecule has 0 radical (unpaired) electrons. The van der Waals surface area contributed by atoms with Gasteiger partial charge in [-0.2, -0.15) is 0 Å². The van der Waals surface area contributed by atoms with E-state index in [1.807, 2.05) is 4.90 Å². The van der Waals surface area contributed by atoms with Crippen molar-refractivity contribution >= 4 is 5.91 Å². The Morgan fingerprint density at radius 1 is 1.35 bits per heavy atom. The Kier molecular flexibility index (Phi) is 3.84. The number of amides is 1. The van der Waals surface area contributed by atoms with Crippen LogP contribution in [0.4, 0.5) is 0 Å². The maximum atomic E-state index is 12.4. The molecule has 1 N–H and O–H groups in total. The van der Waals surface area contributed by atoms with Crippen LogP contribution in [-0.2, 0) is 4.74 Å². The predicted molar refractivity (Wildman–Crippen MR) is 72.6 cm³/mol. The number of rotatable bonds is 2. The number of morpholine rings is 1. The normalized spacial score (nSPS) is 24.0. The van der Waals surface area contributed by atoms with Crippen LogP contribution in [0.2, 0.25) is 0 Å². The van der Waals surface area contributed by atoms with E-state index in [-0.39, 0.29) is 11.7 Å². The largest absolute Gasteiger partial charge is 0.505 e. The van der Waals surface area contributed by atoms with Gasteiger partial charge in [-0.1, -0.05) is 0 Å². The maximum Gasteiger partial charge on any atom is 0.257 e. The smallest absolute Gasteiger partial charge is 0.257 e. The van der Waals surface area contributed by atoms with E-state index in [0.29, 0.717) is 11.6 Å². The second-order valence-corrected chi connectivity index (χ2v) is 5.23. The molecule has 1 amide bonds. The van der Waals surface area contributed by atoms with Crippen LogP contribution < -0.4 is 0 Å². The van der Waals surface area contributed by atoms with E-state index < -0.39 is 0 Å². The number of hydrogen-bond donors (Lipinski definition) is 1. The Hall–Kier alpha value is -1.66. The van der Waals surface area contributed by atoms with Crippen LogP contribution in [0.3, 0.4) is 0 Å². The molecule has 0 bridgehead atoms. The van der Waals surface area contributed by atoms with Gasteiger partial charge in [0.15, 0.2) is 0 Å². The van der Waals surface area contributed by atoms with Gasteiger partial charge in [-0.15, -0.1) is 0 Å². The summed E-state index contributed by atoms with van der Waals surface area (Å²) in [7, 11) is 0. The van der Waals surface area contributed by atoms with Crippen LogP contribution in [0.25, 0.3) is 0 Å². The Morgan fingerprint density at radius 2 is 2.15 bits per heavy atom. The number of hydrogen-bond acceptors (Lipinski definition) is 5. The maximum absolute atomic E-state index is 12.4. The minimum absolute atomic E-state index is 0.0488. The molecule has 0 spiro atoms. The Morgan fingerprint density at radius 3 is 2.90 bits per heavy atom. The first-order valence-corrected chi connectivity index (χ1v) is 7.00. The highest BCUT2D eigenvalue weighted by atomic mass is 16.5. The Balaban J connectivity index is 1.65. The standard InChI is InChI=1S/C14H19N3O3/c18-13-9-15-3-1-12(13)14(19)17-4-2-11(10-17)16-5-7-20-8-6-16/h1,3,9,11,18H,2,4-8,10H2. The molecule has 108 valence electrons. The van der Waals surface area contributed by atoms with E-state index in [9.17, 15) is 9.90 Å². The number of likely N-dealkylation sites (tertiary alicyclic amines) is 1. The predicted octanol–water partition coefficient (Wildman–Crippen LogP) is 0.334. The van der Waals surface area contributed by atoms with Crippen molar-refractivity contribution in [2.45, 2.75) is 12.5 Å². The lowest BCUT2D eigenvalue weighted by Gasteiger charge is -2.32. The zero-order chi connectivity index (χ0) is 13.9. The second kappa shape index (κ2) is 5.76. The molecule has 2 saturated heterocycles. The van der Waals surface area contributed by atoms with E-state index in [1.165, 1.54) is 12.4 Å².